The van der Waals surface area contributed by atoms with Gasteiger partial charge in [0.1, 0.15) is 0 Å². The van der Waals surface area contributed by atoms with Crippen molar-refractivity contribution in [3.05, 3.63) is 261 Å². The molecule has 320 valence electrons. The third kappa shape index (κ3) is 4.87. The number of hydrogen-bond acceptors (Lipinski definition) is 5. The molecule has 6 nitrogen and oxygen atoms in total. The van der Waals surface area contributed by atoms with Crippen LogP contribution in [0, 0.1) is 0 Å². The van der Waals surface area contributed by atoms with Crippen LogP contribution in [0.4, 0.5) is 0 Å². The molecule has 12 aromatic rings. The summed E-state index contributed by atoms with van der Waals surface area (Å²) in [7, 11) is 0. The summed E-state index contributed by atoms with van der Waals surface area (Å²) in [6.45, 7) is 0. The zero-order valence-corrected chi connectivity index (χ0v) is 36.9. The standard InChI is InChI=1S/C63H36N4O2/c68-59-50-31-52-44(29-46(50)54-36-19-7-11-23-40(36)56(59)41-24-12-8-20-37(41)54)48-27-35(63-65-61(33-15-3-1-4-16-33)64-62(66-63)34-17-5-2-6-18-34)28-49-45-30-47-51(32-53(45)67(52)58(48)49)60(69)57-42-25-13-9-21-38(42)55(47)39-22-10-14-26-43(39)57/h1-32,54-57H. The number of rotatable bonds is 3. The van der Waals surface area contributed by atoms with Crippen LogP contribution in [-0.4, -0.2) is 30.9 Å². The second-order valence-electron chi connectivity index (χ2n) is 19.2. The number of benzene rings is 9. The van der Waals surface area contributed by atoms with E-state index < -0.39 is 11.8 Å². The third-order valence-electron chi connectivity index (χ3n) is 15.8. The second-order valence-corrected chi connectivity index (χ2v) is 19.2. The smallest absolute Gasteiger partial charge is 0.175 e. The Hall–Kier alpha value is -8.87. The highest BCUT2D eigenvalue weighted by atomic mass is 16.1. The van der Waals surface area contributed by atoms with Crippen molar-refractivity contribution in [1.29, 1.82) is 0 Å². The van der Waals surface area contributed by atoms with E-state index in [1.165, 1.54) is 22.3 Å². The number of hydrogen-bond donors (Lipinski definition) is 0. The number of aromatic nitrogens is 4. The van der Waals surface area contributed by atoms with Gasteiger partial charge in [-0.25, -0.2) is 15.0 Å². The first kappa shape index (κ1) is 37.2. The molecule has 69 heavy (non-hydrogen) atoms. The van der Waals surface area contributed by atoms with Crippen LogP contribution in [0.5, 0.6) is 0 Å². The molecule has 0 radical (unpaired) electrons. The maximum Gasteiger partial charge on any atom is 0.175 e. The summed E-state index contributed by atoms with van der Waals surface area (Å²) >= 11 is 0. The number of carbonyl (C=O) groups excluding carboxylic acids is 2. The van der Waals surface area contributed by atoms with Crippen LogP contribution in [0.15, 0.2) is 194 Å². The maximum atomic E-state index is 15.4. The van der Waals surface area contributed by atoms with Gasteiger partial charge >= 0.3 is 0 Å². The summed E-state index contributed by atoms with van der Waals surface area (Å²) in [4.78, 5) is 46.3. The number of nitrogens with zero attached hydrogens (tertiary/aromatic N) is 4. The molecule has 0 aliphatic heterocycles. The summed E-state index contributed by atoms with van der Waals surface area (Å²) in [5.41, 5.74) is 18.1. The molecule has 3 aromatic heterocycles. The Balaban J connectivity index is 1.03. The second kappa shape index (κ2) is 13.4. The predicted octanol–water partition coefficient (Wildman–Crippen LogP) is 13.7. The van der Waals surface area contributed by atoms with E-state index in [9.17, 15) is 0 Å². The van der Waals surface area contributed by atoms with Gasteiger partial charge in [-0.1, -0.05) is 158 Å². The Morgan fingerprint density at radius 2 is 0.623 bits per heavy atom. The van der Waals surface area contributed by atoms with Crippen molar-refractivity contribution in [3.8, 4) is 34.2 Å². The van der Waals surface area contributed by atoms with Crippen LogP contribution in [0.25, 0.3) is 72.3 Å². The van der Waals surface area contributed by atoms with Crippen LogP contribution in [0.2, 0.25) is 0 Å². The van der Waals surface area contributed by atoms with Crippen molar-refractivity contribution >= 4 is 49.7 Å². The highest BCUT2D eigenvalue weighted by Crippen LogP contribution is 2.56. The molecule has 6 aliphatic rings. The monoisotopic (exact) mass is 880 g/mol. The first-order valence-electron chi connectivity index (χ1n) is 23.7. The molecule has 0 saturated carbocycles. The summed E-state index contributed by atoms with van der Waals surface area (Å²) in [6, 6.07) is 67.6. The van der Waals surface area contributed by atoms with Crippen molar-refractivity contribution in [2.24, 2.45) is 0 Å². The van der Waals surface area contributed by atoms with E-state index in [0.717, 1.165) is 99.3 Å². The van der Waals surface area contributed by atoms with Crippen LogP contribution in [0.1, 0.15) is 100 Å². The molecule has 0 unspecified atom stereocenters. The van der Waals surface area contributed by atoms with Crippen molar-refractivity contribution in [2.45, 2.75) is 23.7 Å². The quantitative estimate of drug-likeness (QED) is 0.177. The Morgan fingerprint density at radius 3 is 0.986 bits per heavy atom. The first-order chi connectivity index (χ1) is 34.1. The lowest BCUT2D eigenvalue weighted by atomic mass is 9.72. The molecule has 0 fully saturated rings. The number of carbonyl (C=O) groups is 2. The van der Waals surface area contributed by atoms with Gasteiger partial charge in [0.25, 0.3) is 0 Å². The molecule has 4 bridgehead atoms. The van der Waals surface area contributed by atoms with Gasteiger partial charge in [-0.3, -0.25) is 9.59 Å². The minimum Gasteiger partial charge on any atom is -0.308 e. The normalized spacial score (nSPS) is 18.2. The molecule has 0 saturated heterocycles. The van der Waals surface area contributed by atoms with Crippen molar-refractivity contribution in [1.82, 2.24) is 19.4 Å². The van der Waals surface area contributed by atoms with Gasteiger partial charge in [0.2, 0.25) is 0 Å². The van der Waals surface area contributed by atoms with Gasteiger partial charge in [0.05, 0.1) is 28.4 Å². The van der Waals surface area contributed by atoms with Crippen LogP contribution in [-0.2, 0) is 0 Å². The fourth-order valence-electron chi connectivity index (χ4n) is 13.0. The molecule has 0 amide bonds. The molecule has 0 N–H and O–H groups in total. The Bertz CT molecular complexity index is 3910. The van der Waals surface area contributed by atoms with Gasteiger partial charge in [0, 0.05) is 61.2 Å². The predicted molar refractivity (Wildman–Crippen MR) is 271 cm³/mol. The van der Waals surface area contributed by atoms with Crippen molar-refractivity contribution in [3.63, 3.8) is 0 Å². The molecule has 6 aliphatic carbocycles. The van der Waals surface area contributed by atoms with E-state index in [0.29, 0.717) is 17.5 Å². The average molecular weight is 881 g/mol. The molecule has 0 atom stereocenters. The summed E-state index contributed by atoms with van der Waals surface area (Å²) in [5.74, 6) is 0.923. The fourth-order valence-corrected chi connectivity index (χ4v) is 13.0. The highest BCUT2D eigenvalue weighted by molar-refractivity contribution is 6.26. The van der Waals surface area contributed by atoms with E-state index >= 15 is 9.59 Å². The lowest BCUT2D eigenvalue weighted by molar-refractivity contribution is 0.0966. The Morgan fingerprint density at radius 1 is 0.304 bits per heavy atom. The van der Waals surface area contributed by atoms with E-state index in [2.05, 4.69) is 138 Å². The summed E-state index contributed by atoms with van der Waals surface area (Å²) in [6.07, 6.45) is 0. The minimum atomic E-state index is -0.404. The molecule has 3 heterocycles. The molecule has 9 aromatic carbocycles. The van der Waals surface area contributed by atoms with Gasteiger partial charge in [-0.2, -0.15) is 0 Å². The lowest BCUT2D eigenvalue weighted by Gasteiger charge is -2.30. The van der Waals surface area contributed by atoms with Gasteiger partial charge in [-0.05, 0) is 92.0 Å². The number of Topliss-reactive ketones (excluding diaryl/α,β-unsaturated/α-hetero) is 2. The zero-order chi connectivity index (χ0) is 45.2. The largest absolute Gasteiger partial charge is 0.308 e. The molecular weight excluding hydrogens is 845 g/mol. The number of fused-ring (bicyclic) bond motifs is 6. The molecule has 6 heteroatoms. The van der Waals surface area contributed by atoms with E-state index in [1.807, 2.05) is 60.7 Å². The Kier molecular flexibility index (Phi) is 7.23. The Labute approximate surface area is 395 Å². The summed E-state index contributed by atoms with van der Waals surface area (Å²) < 4.78 is 2.33. The number of ketones is 2. The topological polar surface area (TPSA) is 77.2 Å². The summed E-state index contributed by atoms with van der Waals surface area (Å²) in [5, 5.41) is 4.14. The van der Waals surface area contributed by atoms with E-state index in [-0.39, 0.29) is 23.4 Å². The van der Waals surface area contributed by atoms with Crippen LogP contribution < -0.4 is 0 Å². The lowest BCUT2D eigenvalue weighted by Crippen LogP contribution is -2.19. The average Bonchev–Trinajstić information content (AvgIpc) is 3.76. The molecule has 18 rings (SSSR count). The fraction of sp³-hybridized carbons (Fsp3) is 0.0635. The van der Waals surface area contributed by atoms with Gasteiger partial charge < -0.3 is 4.40 Å². The highest BCUT2D eigenvalue weighted by Gasteiger charge is 2.45. The van der Waals surface area contributed by atoms with Crippen LogP contribution >= 0.6 is 0 Å². The van der Waals surface area contributed by atoms with Gasteiger partial charge in [0.15, 0.2) is 29.0 Å². The zero-order valence-electron chi connectivity index (χ0n) is 36.9. The van der Waals surface area contributed by atoms with E-state index in [4.69, 9.17) is 15.0 Å². The van der Waals surface area contributed by atoms with Crippen molar-refractivity contribution in [2.75, 3.05) is 0 Å². The SMILES string of the molecule is O=C1c2cc3c(cc2C2c4ccccc4C1c1ccccc12)c1cc(-c2nc(-c4ccccc4)nc(-c4ccccc4)n2)cc2c4cc5c(cc4n3c12)C(=O)C1c2ccccc2C5c2ccccc21. The maximum absolute atomic E-state index is 15.4. The van der Waals surface area contributed by atoms with Crippen molar-refractivity contribution < 1.29 is 9.59 Å². The van der Waals surface area contributed by atoms with E-state index in [1.54, 1.807) is 0 Å². The molecular formula is C63H36N4O2. The van der Waals surface area contributed by atoms with Crippen LogP contribution in [0.3, 0.4) is 0 Å². The molecule has 0 spiro atoms. The van der Waals surface area contributed by atoms with Gasteiger partial charge in [-0.15, -0.1) is 0 Å². The first-order valence-corrected chi connectivity index (χ1v) is 23.7. The minimum absolute atomic E-state index is 0.111. The third-order valence-corrected chi connectivity index (χ3v) is 15.8.